The third kappa shape index (κ3) is 2.46. The molecule has 1 aromatic rings. The SMILES string of the molecule is CCN(C(=O)c1ccc(O)cc1F)C1CCNC1. The van der Waals surface area contributed by atoms with Crippen LogP contribution in [-0.4, -0.2) is 41.6 Å². The Kier molecular flexibility index (Phi) is 3.81. The summed E-state index contributed by atoms with van der Waals surface area (Å²) >= 11 is 0. The Hall–Kier alpha value is -1.62. The molecular formula is C13H17FN2O2. The number of carbonyl (C=O) groups is 1. The number of aromatic hydroxyl groups is 1. The van der Waals surface area contributed by atoms with Crippen molar-refractivity contribution in [3.63, 3.8) is 0 Å². The molecule has 98 valence electrons. The van der Waals surface area contributed by atoms with E-state index in [-0.39, 0.29) is 23.3 Å². The van der Waals surface area contributed by atoms with Crippen LogP contribution in [0, 0.1) is 5.82 Å². The van der Waals surface area contributed by atoms with Gasteiger partial charge in [-0.3, -0.25) is 4.79 Å². The molecule has 1 atom stereocenters. The van der Waals surface area contributed by atoms with Crippen molar-refractivity contribution >= 4 is 5.91 Å². The van der Waals surface area contributed by atoms with E-state index in [1.807, 2.05) is 6.92 Å². The van der Waals surface area contributed by atoms with Gasteiger partial charge in [-0.1, -0.05) is 0 Å². The largest absolute Gasteiger partial charge is 0.508 e. The summed E-state index contributed by atoms with van der Waals surface area (Å²) in [4.78, 5) is 13.9. The highest BCUT2D eigenvalue weighted by atomic mass is 19.1. The van der Waals surface area contributed by atoms with Crippen LogP contribution in [0.5, 0.6) is 5.75 Å². The van der Waals surface area contributed by atoms with Crippen molar-refractivity contribution in [2.45, 2.75) is 19.4 Å². The van der Waals surface area contributed by atoms with Gasteiger partial charge in [0.1, 0.15) is 11.6 Å². The molecule has 0 bridgehead atoms. The van der Waals surface area contributed by atoms with Crippen LogP contribution in [0.25, 0.3) is 0 Å². The normalized spacial score (nSPS) is 18.9. The fourth-order valence-electron chi connectivity index (χ4n) is 2.31. The molecule has 1 aromatic carbocycles. The number of nitrogens with one attached hydrogen (secondary N) is 1. The van der Waals surface area contributed by atoms with E-state index >= 15 is 0 Å². The molecule has 2 rings (SSSR count). The van der Waals surface area contributed by atoms with Gasteiger partial charge < -0.3 is 15.3 Å². The van der Waals surface area contributed by atoms with Gasteiger partial charge >= 0.3 is 0 Å². The Morgan fingerprint density at radius 3 is 2.94 bits per heavy atom. The molecule has 0 aliphatic carbocycles. The summed E-state index contributed by atoms with van der Waals surface area (Å²) in [5.41, 5.74) is 0.0153. The number of likely N-dealkylation sites (N-methyl/N-ethyl adjacent to an activating group) is 1. The first-order valence-corrected chi connectivity index (χ1v) is 6.13. The zero-order chi connectivity index (χ0) is 13.1. The average Bonchev–Trinajstić information content (AvgIpc) is 2.83. The van der Waals surface area contributed by atoms with Gasteiger partial charge in [-0.2, -0.15) is 0 Å². The maximum atomic E-state index is 13.7. The third-order valence-corrected chi connectivity index (χ3v) is 3.26. The predicted octanol–water partition coefficient (Wildman–Crippen LogP) is 1.36. The Bertz CT molecular complexity index is 445. The number of rotatable bonds is 3. The topological polar surface area (TPSA) is 52.6 Å². The number of carbonyl (C=O) groups excluding carboxylic acids is 1. The molecule has 18 heavy (non-hydrogen) atoms. The lowest BCUT2D eigenvalue weighted by Gasteiger charge is -2.27. The van der Waals surface area contributed by atoms with Crippen LogP contribution in [0.1, 0.15) is 23.7 Å². The maximum Gasteiger partial charge on any atom is 0.257 e. The number of amides is 1. The van der Waals surface area contributed by atoms with E-state index in [0.29, 0.717) is 6.54 Å². The van der Waals surface area contributed by atoms with Crippen LogP contribution >= 0.6 is 0 Å². The van der Waals surface area contributed by atoms with Crippen molar-refractivity contribution in [3.05, 3.63) is 29.6 Å². The lowest BCUT2D eigenvalue weighted by molar-refractivity contribution is 0.0699. The molecule has 1 heterocycles. The molecule has 1 saturated heterocycles. The quantitative estimate of drug-likeness (QED) is 0.854. The number of hydrogen-bond donors (Lipinski definition) is 2. The van der Waals surface area contributed by atoms with E-state index in [1.54, 1.807) is 4.90 Å². The summed E-state index contributed by atoms with van der Waals surface area (Å²) in [6, 6.07) is 3.75. The number of phenolic OH excluding ortho intramolecular Hbond substituents is 1. The summed E-state index contributed by atoms with van der Waals surface area (Å²) in [5, 5.41) is 12.3. The van der Waals surface area contributed by atoms with Gasteiger partial charge in [0.25, 0.3) is 5.91 Å². The number of hydrogen-bond acceptors (Lipinski definition) is 3. The summed E-state index contributed by atoms with van der Waals surface area (Å²) in [6.07, 6.45) is 0.888. The Balaban J connectivity index is 2.22. The molecule has 1 unspecified atom stereocenters. The first-order valence-electron chi connectivity index (χ1n) is 6.13. The van der Waals surface area contributed by atoms with Gasteiger partial charge in [0, 0.05) is 25.2 Å². The van der Waals surface area contributed by atoms with Crippen molar-refractivity contribution in [3.8, 4) is 5.75 Å². The van der Waals surface area contributed by atoms with E-state index in [2.05, 4.69) is 5.32 Å². The van der Waals surface area contributed by atoms with E-state index in [1.165, 1.54) is 12.1 Å². The lowest BCUT2D eigenvalue weighted by atomic mass is 10.1. The molecule has 1 aliphatic rings. The van der Waals surface area contributed by atoms with Gasteiger partial charge in [0.15, 0.2) is 0 Å². The van der Waals surface area contributed by atoms with E-state index in [0.717, 1.165) is 25.6 Å². The minimum absolute atomic E-state index is 0.0153. The zero-order valence-electron chi connectivity index (χ0n) is 10.3. The van der Waals surface area contributed by atoms with E-state index in [4.69, 9.17) is 5.11 Å². The number of benzene rings is 1. The zero-order valence-corrected chi connectivity index (χ0v) is 10.3. The maximum absolute atomic E-state index is 13.7. The standard InChI is InChI=1S/C13H17FN2O2/c1-2-16(9-5-6-15-8-9)13(18)11-4-3-10(17)7-12(11)14/h3-4,7,9,15,17H,2,5-6,8H2,1H3. The Labute approximate surface area is 105 Å². The fourth-order valence-corrected chi connectivity index (χ4v) is 2.31. The van der Waals surface area contributed by atoms with Gasteiger partial charge in [-0.05, 0) is 32.0 Å². The Morgan fingerprint density at radius 2 is 2.39 bits per heavy atom. The highest BCUT2D eigenvalue weighted by molar-refractivity contribution is 5.94. The number of nitrogens with zero attached hydrogens (tertiary/aromatic N) is 1. The van der Waals surface area contributed by atoms with Crippen molar-refractivity contribution in [2.24, 2.45) is 0 Å². The lowest BCUT2D eigenvalue weighted by Crippen LogP contribution is -2.41. The van der Waals surface area contributed by atoms with Gasteiger partial charge in [0.05, 0.1) is 5.56 Å². The Morgan fingerprint density at radius 1 is 1.61 bits per heavy atom. The average molecular weight is 252 g/mol. The molecule has 2 N–H and O–H groups in total. The minimum Gasteiger partial charge on any atom is -0.508 e. The van der Waals surface area contributed by atoms with Crippen LogP contribution in [0.3, 0.4) is 0 Å². The van der Waals surface area contributed by atoms with Crippen LogP contribution in [0.15, 0.2) is 18.2 Å². The number of phenols is 1. The highest BCUT2D eigenvalue weighted by Gasteiger charge is 2.27. The van der Waals surface area contributed by atoms with Crippen molar-refractivity contribution in [1.29, 1.82) is 0 Å². The summed E-state index contributed by atoms with van der Waals surface area (Å²) in [5.74, 6) is -1.16. The third-order valence-electron chi connectivity index (χ3n) is 3.26. The van der Waals surface area contributed by atoms with Crippen LogP contribution in [-0.2, 0) is 0 Å². The van der Waals surface area contributed by atoms with Gasteiger partial charge in [0.2, 0.25) is 0 Å². The predicted molar refractivity (Wildman–Crippen MR) is 66.1 cm³/mol. The summed E-state index contributed by atoms with van der Waals surface area (Å²) in [6.45, 7) is 4.06. The first kappa shape index (κ1) is 12.8. The summed E-state index contributed by atoms with van der Waals surface area (Å²) < 4.78 is 13.7. The summed E-state index contributed by atoms with van der Waals surface area (Å²) in [7, 11) is 0. The number of halogens is 1. The second-order valence-electron chi connectivity index (χ2n) is 4.40. The highest BCUT2D eigenvalue weighted by Crippen LogP contribution is 2.19. The molecular weight excluding hydrogens is 235 g/mol. The van der Waals surface area contributed by atoms with Crippen LogP contribution in [0.2, 0.25) is 0 Å². The van der Waals surface area contributed by atoms with E-state index in [9.17, 15) is 9.18 Å². The second kappa shape index (κ2) is 5.35. The molecule has 1 amide bonds. The fraction of sp³-hybridized carbons (Fsp3) is 0.462. The first-order chi connectivity index (χ1) is 8.63. The van der Waals surface area contributed by atoms with Crippen LogP contribution < -0.4 is 5.32 Å². The van der Waals surface area contributed by atoms with E-state index < -0.39 is 5.82 Å². The monoisotopic (exact) mass is 252 g/mol. The molecule has 4 nitrogen and oxygen atoms in total. The molecule has 0 spiro atoms. The van der Waals surface area contributed by atoms with Gasteiger partial charge in [-0.25, -0.2) is 4.39 Å². The minimum atomic E-state index is -0.676. The molecule has 5 heteroatoms. The molecule has 1 fully saturated rings. The van der Waals surface area contributed by atoms with Crippen molar-refractivity contribution < 1.29 is 14.3 Å². The smallest absolute Gasteiger partial charge is 0.257 e. The molecule has 0 radical (unpaired) electrons. The second-order valence-corrected chi connectivity index (χ2v) is 4.40. The molecule has 0 saturated carbocycles. The molecule has 1 aliphatic heterocycles. The van der Waals surface area contributed by atoms with Crippen molar-refractivity contribution in [1.82, 2.24) is 10.2 Å². The van der Waals surface area contributed by atoms with Gasteiger partial charge in [-0.15, -0.1) is 0 Å². The van der Waals surface area contributed by atoms with Crippen molar-refractivity contribution in [2.75, 3.05) is 19.6 Å². The molecule has 0 aromatic heterocycles. The van der Waals surface area contributed by atoms with Crippen LogP contribution in [0.4, 0.5) is 4.39 Å².